The van der Waals surface area contributed by atoms with E-state index in [0.717, 1.165) is 38.8 Å². The molecule has 6 heteroatoms. The number of ether oxygens (including phenoxy) is 1. The van der Waals surface area contributed by atoms with Crippen molar-refractivity contribution in [3.05, 3.63) is 0 Å². The number of nitrogens with one attached hydrogen (secondary N) is 1. The quantitative estimate of drug-likeness (QED) is 0.786. The third-order valence-electron chi connectivity index (χ3n) is 5.34. The molecule has 0 aromatic carbocycles. The van der Waals surface area contributed by atoms with Gasteiger partial charge in [-0.1, -0.05) is 19.8 Å². The minimum absolute atomic E-state index is 0.0310. The molecule has 1 spiro atoms. The molecule has 1 N–H and O–H groups in total. The molecule has 1 aliphatic carbocycles. The maximum Gasteiger partial charge on any atom is 0.326 e. The number of amides is 3. The van der Waals surface area contributed by atoms with E-state index in [-0.39, 0.29) is 30.1 Å². The van der Waals surface area contributed by atoms with Crippen molar-refractivity contribution >= 4 is 11.9 Å². The van der Waals surface area contributed by atoms with Crippen molar-refractivity contribution in [1.82, 2.24) is 15.1 Å². The van der Waals surface area contributed by atoms with Crippen LogP contribution in [0.25, 0.3) is 0 Å². The Kier molecular flexibility index (Phi) is 4.16. The van der Waals surface area contributed by atoms with Gasteiger partial charge in [0.05, 0.1) is 18.9 Å². The third kappa shape index (κ3) is 2.63. The SMILES string of the molecule is C[C@@H]1CN(CN2C(=O)N[C@]3(CCCC[C@@H]3C)C2=O)C[C@H](C)O1. The number of rotatable bonds is 2. The van der Waals surface area contributed by atoms with Crippen LogP contribution in [0.3, 0.4) is 0 Å². The zero-order chi connectivity index (χ0) is 15.9. The molecule has 3 fully saturated rings. The van der Waals surface area contributed by atoms with Crippen LogP contribution in [0, 0.1) is 5.92 Å². The molecule has 3 rings (SSSR count). The van der Waals surface area contributed by atoms with Gasteiger partial charge in [0.1, 0.15) is 5.54 Å². The first kappa shape index (κ1) is 15.7. The number of imide groups is 1. The smallest absolute Gasteiger partial charge is 0.326 e. The molecule has 1 saturated carbocycles. The van der Waals surface area contributed by atoms with Gasteiger partial charge in [-0.3, -0.25) is 9.69 Å². The summed E-state index contributed by atoms with van der Waals surface area (Å²) in [6, 6.07) is -0.231. The number of morpholine rings is 1. The van der Waals surface area contributed by atoms with Crippen molar-refractivity contribution in [1.29, 1.82) is 0 Å². The van der Waals surface area contributed by atoms with Gasteiger partial charge >= 0.3 is 6.03 Å². The van der Waals surface area contributed by atoms with Crippen LogP contribution in [0.15, 0.2) is 0 Å². The van der Waals surface area contributed by atoms with Crippen LogP contribution in [0.4, 0.5) is 4.79 Å². The summed E-state index contributed by atoms with van der Waals surface area (Å²) < 4.78 is 5.72. The molecule has 2 heterocycles. The first-order valence-corrected chi connectivity index (χ1v) is 8.44. The lowest BCUT2D eigenvalue weighted by Gasteiger charge is -2.38. The summed E-state index contributed by atoms with van der Waals surface area (Å²) in [6.45, 7) is 8.02. The Morgan fingerprint density at radius 1 is 1.18 bits per heavy atom. The van der Waals surface area contributed by atoms with Gasteiger partial charge in [-0.05, 0) is 32.6 Å². The lowest BCUT2D eigenvalue weighted by molar-refractivity contribution is -0.138. The number of hydrogen-bond acceptors (Lipinski definition) is 4. The van der Waals surface area contributed by atoms with Gasteiger partial charge in [0, 0.05) is 13.1 Å². The van der Waals surface area contributed by atoms with Crippen LogP contribution >= 0.6 is 0 Å². The van der Waals surface area contributed by atoms with E-state index in [0.29, 0.717) is 6.67 Å². The van der Waals surface area contributed by atoms with Crippen molar-refractivity contribution in [2.24, 2.45) is 5.92 Å². The summed E-state index contributed by atoms with van der Waals surface area (Å²) in [7, 11) is 0. The van der Waals surface area contributed by atoms with Gasteiger partial charge < -0.3 is 10.1 Å². The fraction of sp³-hybridized carbons (Fsp3) is 0.875. The van der Waals surface area contributed by atoms with Crippen LogP contribution in [0.5, 0.6) is 0 Å². The molecule has 0 aromatic heterocycles. The van der Waals surface area contributed by atoms with E-state index in [1.54, 1.807) is 0 Å². The minimum Gasteiger partial charge on any atom is -0.373 e. The first-order valence-electron chi connectivity index (χ1n) is 8.44. The van der Waals surface area contributed by atoms with Crippen LogP contribution in [-0.4, -0.2) is 59.2 Å². The second-order valence-corrected chi connectivity index (χ2v) is 7.22. The Bertz CT molecular complexity index is 460. The number of nitrogens with zero attached hydrogens (tertiary/aromatic N) is 2. The summed E-state index contributed by atoms with van der Waals surface area (Å²) in [5.41, 5.74) is -0.654. The van der Waals surface area contributed by atoms with Crippen LogP contribution in [0.2, 0.25) is 0 Å². The van der Waals surface area contributed by atoms with Crippen molar-refractivity contribution in [3.8, 4) is 0 Å². The van der Waals surface area contributed by atoms with Crippen molar-refractivity contribution < 1.29 is 14.3 Å². The molecule has 2 saturated heterocycles. The van der Waals surface area contributed by atoms with Gasteiger partial charge in [-0.2, -0.15) is 0 Å². The first-order chi connectivity index (χ1) is 10.4. The topological polar surface area (TPSA) is 61.9 Å². The molecule has 3 amide bonds. The molecule has 22 heavy (non-hydrogen) atoms. The summed E-state index contributed by atoms with van der Waals surface area (Å²) in [4.78, 5) is 28.9. The normalized spacial score (nSPS) is 40.3. The van der Waals surface area contributed by atoms with E-state index in [9.17, 15) is 9.59 Å². The average molecular weight is 309 g/mol. The fourth-order valence-corrected chi connectivity index (χ4v) is 4.22. The maximum atomic E-state index is 12.9. The Morgan fingerprint density at radius 3 is 2.50 bits per heavy atom. The predicted octanol–water partition coefficient (Wildman–Crippen LogP) is 1.55. The second kappa shape index (κ2) is 5.81. The molecule has 3 aliphatic rings. The number of urea groups is 1. The molecule has 0 radical (unpaired) electrons. The van der Waals surface area contributed by atoms with Crippen molar-refractivity contribution in [2.75, 3.05) is 19.8 Å². The highest BCUT2D eigenvalue weighted by molar-refractivity contribution is 6.07. The van der Waals surface area contributed by atoms with Gasteiger partial charge in [0.2, 0.25) is 0 Å². The highest BCUT2D eigenvalue weighted by atomic mass is 16.5. The molecule has 4 atom stereocenters. The predicted molar refractivity (Wildman–Crippen MR) is 82.2 cm³/mol. The summed E-state index contributed by atoms with van der Waals surface area (Å²) in [5.74, 6) is 0.182. The molecule has 124 valence electrons. The van der Waals surface area contributed by atoms with E-state index >= 15 is 0 Å². The Labute approximate surface area is 132 Å². The highest BCUT2D eigenvalue weighted by Gasteiger charge is 2.55. The average Bonchev–Trinajstić information content (AvgIpc) is 2.67. The van der Waals surface area contributed by atoms with E-state index in [1.165, 1.54) is 4.90 Å². The van der Waals surface area contributed by atoms with Crippen LogP contribution < -0.4 is 5.32 Å². The summed E-state index contributed by atoms with van der Waals surface area (Å²) in [5, 5.41) is 3.01. The van der Waals surface area contributed by atoms with Crippen LogP contribution in [-0.2, 0) is 9.53 Å². The van der Waals surface area contributed by atoms with Crippen molar-refractivity contribution in [2.45, 2.75) is 64.2 Å². The van der Waals surface area contributed by atoms with Crippen molar-refractivity contribution in [3.63, 3.8) is 0 Å². The van der Waals surface area contributed by atoms with Gasteiger partial charge in [0.25, 0.3) is 5.91 Å². The van der Waals surface area contributed by atoms with E-state index in [4.69, 9.17) is 4.74 Å². The minimum atomic E-state index is -0.654. The highest BCUT2D eigenvalue weighted by Crippen LogP contribution is 2.38. The number of carbonyl (C=O) groups is 2. The zero-order valence-corrected chi connectivity index (χ0v) is 13.8. The lowest BCUT2D eigenvalue weighted by Crippen LogP contribution is -2.55. The monoisotopic (exact) mass is 309 g/mol. The number of hydrogen-bond donors (Lipinski definition) is 1. The van der Waals surface area contributed by atoms with Gasteiger partial charge in [-0.25, -0.2) is 9.69 Å². The van der Waals surface area contributed by atoms with Gasteiger partial charge in [-0.15, -0.1) is 0 Å². The molecule has 6 nitrogen and oxygen atoms in total. The van der Waals surface area contributed by atoms with E-state index in [1.807, 2.05) is 13.8 Å². The summed E-state index contributed by atoms with van der Waals surface area (Å²) >= 11 is 0. The lowest BCUT2D eigenvalue weighted by atomic mass is 9.73. The Morgan fingerprint density at radius 2 is 1.86 bits per heavy atom. The van der Waals surface area contributed by atoms with E-state index < -0.39 is 5.54 Å². The third-order valence-corrected chi connectivity index (χ3v) is 5.34. The molecular weight excluding hydrogens is 282 g/mol. The Balaban J connectivity index is 1.72. The van der Waals surface area contributed by atoms with Crippen LogP contribution in [0.1, 0.15) is 46.5 Å². The van der Waals surface area contributed by atoms with Gasteiger partial charge in [0.15, 0.2) is 0 Å². The molecular formula is C16H27N3O3. The summed E-state index contributed by atoms with van der Waals surface area (Å²) in [6.07, 6.45) is 4.19. The molecule has 2 aliphatic heterocycles. The molecule has 0 aromatic rings. The Hall–Kier alpha value is -1.14. The molecule has 0 bridgehead atoms. The maximum absolute atomic E-state index is 12.9. The molecule has 0 unspecified atom stereocenters. The zero-order valence-electron chi connectivity index (χ0n) is 13.8. The standard InChI is InChI=1S/C16H27N3O3/c1-11-6-4-5-7-16(11)14(20)19(15(21)17-16)10-18-8-12(2)22-13(3)9-18/h11-13H,4-10H2,1-3H3,(H,17,21)/t11-,12-,13+,16-/m0/s1. The van der Waals surface area contributed by atoms with E-state index in [2.05, 4.69) is 17.1 Å². The fourth-order valence-electron chi connectivity index (χ4n) is 4.22. The number of carbonyl (C=O) groups excluding carboxylic acids is 2. The largest absolute Gasteiger partial charge is 0.373 e. The second-order valence-electron chi connectivity index (χ2n) is 7.22.